The Morgan fingerprint density at radius 3 is 2.71 bits per heavy atom. The molecule has 1 amide bonds. The van der Waals surface area contributed by atoms with Crippen molar-refractivity contribution in [1.29, 1.82) is 0 Å². The fourth-order valence-electron chi connectivity index (χ4n) is 2.77. The molecule has 0 aliphatic heterocycles. The lowest BCUT2D eigenvalue weighted by atomic mass is 10.0. The second kappa shape index (κ2) is 6.91. The van der Waals surface area contributed by atoms with Crippen LogP contribution in [0.15, 0.2) is 40.8 Å². The van der Waals surface area contributed by atoms with E-state index in [1.54, 1.807) is 0 Å². The fraction of sp³-hybridized carbons (Fsp3) is 0.368. The first-order valence-electron chi connectivity index (χ1n) is 8.32. The molecule has 3 aromatic rings. The molecule has 3 rings (SSSR count). The van der Waals surface area contributed by atoms with E-state index in [-0.39, 0.29) is 17.9 Å². The number of hydrogen-bond donors (Lipinski definition) is 2. The monoisotopic (exact) mass is 325 g/mol. The predicted octanol–water partition coefficient (Wildman–Crippen LogP) is 3.91. The number of imidazole rings is 1. The Morgan fingerprint density at radius 2 is 2.04 bits per heavy atom. The molecule has 2 N–H and O–H groups in total. The summed E-state index contributed by atoms with van der Waals surface area (Å²) in [6, 6.07) is 11.6. The van der Waals surface area contributed by atoms with Crippen LogP contribution in [0.4, 0.5) is 0 Å². The highest BCUT2D eigenvalue weighted by Gasteiger charge is 2.21. The third-order valence-electron chi connectivity index (χ3n) is 4.08. The number of hydrogen-bond acceptors (Lipinski definition) is 3. The van der Waals surface area contributed by atoms with E-state index in [4.69, 9.17) is 4.42 Å². The number of nitrogens with zero attached hydrogens (tertiary/aromatic N) is 1. The fourth-order valence-corrected chi connectivity index (χ4v) is 2.77. The quantitative estimate of drug-likeness (QED) is 0.722. The van der Waals surface area contributed by atoms with Crippen molar-refractivity contribution in [3.63, 3.8) is 0 Å². The van der Waals surface area contributed by atoms with Gasteiger partial charge in [0.1, 0.15) is 17.3 Å². The molecule has 1 atom stereocenters. The number of nitrogens with one attached hydrogen (secondary N) is 2. The van der Waals surface area contributed by atoms with Crippen LogP contribution in [0.3, 0.4) is 0 Å². The Bertz CT molecular complexity index is 799. The van der Waals surface area contributed by atoms with Crippen LogP contribution >= 0.6 is 0 Å². The van der Waals surface area contributed by atoms with Crippen LogP contribution in [0.5, 0.6) is 0 Å². The van der Waals surface area contributed by atoms with Gasteiger partial charge < -0.3 is 14.7 Å². The van der Waals surface area contributed by atoms with Crippen molar-refractivity contribution in [1.82, 2.24) is 15.3 Å². The number of fused-ring (bicyclic) bond motifs is 1. The van der Waals surface area contributed by atoms with E-state index in [0.29, 0.717) is 12.8 Å². The number of carbonyl (C=O) groups excluding carboxylic acids is 1. The van der Waals surface area contributed by atoms with Crippen molar-refractivity contribution >= 4 is 16.9 Å². The van der Waals surface area contributed by atoms with Gasteiger partial charge in [0, 0.05) is 12.8 Å². The molecule has 5 heteroatoms. The summed E-state index contributed by atoms with van der Waals surface area (Å²) in [6.07, 6.45) is 1.00. The molecule has 0 bridgehead atoms. The number of H-pyrrole nitrogens is 1. The predicted molar refractivity (Wildman–Crippen MR) is 93.6 cm³/mol. The van der Waals surface area contributed by atoms with Gasteiger partial charge in [-0.05, 0) is 37.1 Å². The number of aromatic amines is 1. The summed E-state index contributed by atoms with van der Waals surface area (Å²) in [7, 11) is 0. The highest BCUT2D eigenvalue weighted by Crippen LogP contribution is 2.22. The summed E-state index contributed by atoms with van der Waals surface area (Å²) in [5.74, 6) is 2.75. The summed E-state index contributed by atoms with van der Waals surface area (Å²) in [5.41, 5.74) is 1.90. The first kappa shape index (κ1) is 16.3. The first-order chi connectivity index (χ1) is 11.5. The number of furan rings is 1. The summed E-state index contributed by atoms with van der Waals surface area (Å²) < 4.78 is 5.51. The Kier molecular flexibility index (Phi) is 4.69. The van der Waals surface area contributed by atoms with Crippen molar-refractivity contribution in [2.45, 2.75) is 39.7 Å². The highest BCUT2D eigenvalue weighted by atomic mass is 16.3. The van der Waals surface area contributed by atoms with Gasteiger partial charge in [0.25, 0.3) is 0 Å². The van der Waals surface area contributed by atoms with Crippen molar-refractivity contribution in [3.05, 3.63) is 53.7 Å². The van der Waals surface area contributed by atoms with Gasteiger partial charge in [-0.15, -0.1) is 0 Å². The maximum atomic E-state index is 12.3. The Hall–Kier alpha value is -2.56. The second-order valence-electron chi connectivity index (χ2n) is 6.44. The highest BCUT2D eigenvalue weighted by molar-refractivity contribution is 5.77. The molecule has 0 aliphatic rings. The zero-order valence-corrected chi connectivity index (χ0v) is 14.3. The van der Waals surface area contributed by atoms with E-state index in [9.17, 15) is 4.79 Å². The van der Waals surface area contributed by atoms with Crippen molar-refractivity contribution in [3.8, 4) is 0 Å². The van der Waals surface area contributed by atoms with Crippen LogP contribution in [-0.4, -0.2) is 15.9 Å². The molecule has 2 heterocycles. The largest absolute Gasteiger partial charge is 0.466 e. The first-order valence-corrected chi connectivity index (χ1v) is 8.32. The molecule has 0 saturated heterocycles. The molecule has 5 nitrogen and oxygen atoms in total. The molecular weight excluding hydrogens is 302 g/mol. The third-order valence-corrected chi connectivity index (χ3v) is 4.08. The van der Waals surface area contributed by atoms with Crippen LogP contribution in [-0.2, 0) is 11.2 Å². The van der Waals surface area contributed by atoms with Gasteiger partial charge in [-0.2, -0.15) is 0 Å². The average molecular weight is 325 g/mol. The summed E-state index contributed by atoms with van der Waals surface area (Å²) in [4.78, 5) is 20.3. The van der Waals surface area contributed by atoms with Crippen LogP contribution in [0.25, 0.3) is 11.0 Å². The summed E-state index contributed by atoms with van der Waals surface area (Å²) in [5, 5.41) is 3.10. The minimum atomic E-state index is -0.136. The Balaban J connectivity index is 1.68. The number of carbonyl (C=O) groups is 1. The second-order valence-corrected chi connectivity index (χ2v) is 6.44. The van der Waals surface area contributed by atoms with Gasteiger partial charge in [-0.3, -0.25) is 4.79 Å². The maximum Gasteiger partial charge on any atom is 0.221 e. The molecule has 2 aromatic heterocycles. The van der Waals surface area contributed by atoms with E-state index in [1.165, 1.54) is 0 Å². The molecule has 0 saturated carbocycles. The number of benzene rings is 1. The number of aryl methyl sites for hydroxylation is 2. The van der Waals surface area contributed by atoms with E-state index < -0.39 is 0 Å². The molecule has 0 spiro atoms. The average Bonchev–Trinajstić information content (AvgIpc) is 3.16. The number of aromatic nitrogens is 2. The molecule has 0 aliphatic carbocycles. The molecule has 1 unspecified atom stereocenters. The molecule has 1 aromatic carbocycles. The molecule has 126 valence electrons. The van der Waals surface area contributed by atoms with Gasteiger partial charge in [-0.1, -0.05) is 26.0 Å². The molecule has 24 heavy (non-hydrogen) atoms. The van der Waals surface area contributed by atoms with Crippen LogP contribution in [0, 0.1) is 12.8 Å². The number of rotatable bonds is 6. The lowest BCUT2D eigenvalue weighted by molar-refractivity contribution is -0.122. The third kappa shape index (κ3) is 3.67. The Morgan fingerprint density at radius 1 is 1.25 bits per heavy atom. The zero-order chi connectivity index (χ0) is 17.1. The van der Waals surface area contributed by atoms with Crippen molar-refractivity contribution in [2.24, 2.45) is 5.92 Å². The van der Waals surface area contributed by atoms with E-state index in [1.807, 2.05) is 43.3 Å². The normalized spacial score (nSPS) is 12.7. The van der Waals surface area contributed by atoms with E-state index >= 15 is 0 Å². The topological polar surface area (TPSA) is 70.9 Å². The summed E-state index contributed by atoms with van der Waals surface area (Å²) in [6.45, 7) is 6.06. The molecule has 0 fully saturated rings. The molecular formula is C19H23N3O2. The van der Waals surface area contributed by atoms with Crippen molar-refractivity contribution in [2.75, 3.05) is 0 Å². The van der Waals surface area contributed by atoms with Gasteiger partial charge in [0.2, 0.25) is 5.91 Å². The van der Waals surface area contributed by atoms with Gasteiger partial charge in [0.05, 0.1) is 17.1 Å². The van der Waals surface area contributed by atoms with Gasteiger partial charge >= 0.3 is 0 Å². The van der Waals surface area contributed by atoms with Gasteiger partial charge in [-0.25, -0.2) is 4.98 Å². The van der Waals surface area contributed by atoms with E-state index in [0.717, 1.165) is 28.4 Å². The van der Waals surface area contributed by atoms with Crippen LogP contribution in [0.1, 0.15) is 43.7 Å². The number of amides is 1. The lowest BCUT2D eigenvalue weighted by Gasteiger charge is -2.20. The van der Waals surface area contributed by atoms with Crippen LogP contribution < -0.4 is 5.32 Å². The standard InChI is InChI=1S/C19H23N3O2/c1-12(2)18(19-20-15-6-4-5-7-16(15)21-19)22-17(23)11-10-14-9-8-13(3)24-14/h4-9,12,18H,10-11H2,1-3H3,(H,20,21)(H,22,23). The smallest absolute Gasteiger partial charge is 0.221 e. The van der Waals surface area contributed by atoms with E-state index in [2.05, 4.69) is 29.1 Å². The summed E-state index contributed by atoms with van der Waals surface area (Å²) >= 11 is 0. The zero-order valence-electron chi connectivity index (χ0n) is 14.3. The van der Waals surface area contributed by atoms with Gasteiger partial charge in [0.15, 0.2) is 0 Å². The molecule has 0 radical (unpaired) electrons. The van der Waals surface area contributed by atoms with Crippen molar-refractivity contribution < 1.29 is 9.21 Å². The lowest BCUT2D eigenvalue weighted by Crippen LogP contribution is -2.32. The minimum Gasteiger partial charge on any atom is -0.466 e. The number of para-hydroxylation sites is 2. The van der Waals surface area contributed by atoms with Crippen LogP contribution in [0.2, 0.25) is 0 Å². The Labute approximate surface area is 141 Å². The minimum absolute atomic E-state index is 0.00297. The maximum absolute atomic E-state index is 12.3. The SMILES string of the molecule is Cc1ccc(CCC(=O)NC(c2nc3ccccc3[nH]2)C(C)C)o1.